The van der Waals surface area contributed by atoms with Gasteiger partial charge in [0.15, 0.2) is 11.4 Å². The number of rotatable bonds is 2. The molecular formula is C19H25FN2O3. The first-order chi connectivity index (χ1) is 12.0. The first-order valence-corrected chi connectivity index (χ1v) is 9.12. The average Bonchev–Trinajstić information content (AvgIpc) is 2.92. The number of hydrogen-bond acceptors (Lipinski definition) is 4. The number of ether oxygens (including phenoxy) is 1. The van der Waals surface area contributed by atoms with E-state index in [0.29, 0.717) is 5.52 Å². The SMILES string of the molecule is Cc1cc(F)c2oc(=O)n(C3CCN(C4(C)CCOCC4)CC3)c2c1. The second kappa shape index (κ2) is 6.25. The van der Waals surface area contributed by atoms with E-state index in [1.54, 1.807) is 4.57 Å². The van der Waals surface area contributed by atoms with E-state index < -0.39 is 11.6 Å². The van der Waals surface area contributed by atoms with Crippen LogP contribution in [0.5, 0.6) is 0 Å². The van der Waals surface area contributed by atoms with Crippen LogP contribution < -0.4 is 5.76 Å². The lowest BCUT2D eigenvalue weighted by atomic mass is 9.87. The standard InChI is InChI=1S/C19H25FN2O3/c1-13-11-15(20)17-16(12-13)22(18(23)25-17)14-3-7-21(8-4-14)19(2)5-9-24-10-6-19/h11-12,14H,3-10H2,1-2H3. The second-order valence-corrected chi connectivity index (χ2v) is 7.66. The van der Waals surface area contributed by atoms with E-state index in [-0.39, 0.29) is 17.2 Å². The molecule has 0 radical (unpaired) electrons. The molecule has 0 atom stereocenters. The van der Waals surface area contributed by atoms with E-state index >= 15 is 0 Å². The van der Waals surface area contributed by atoms with E-state index in [2.05, 4.69) is 11.8 Å². The third-order valence-corrected chi connectivity index (χ3v) is 5.98. The first kappa shape index (κ1) is 16.8. The van der Waals surface area contributed by atoms with E-state index in [0.717, 1.165) is 57.6 Å². The number of aromatic nitrogens is 1. The van der Waals surface area contributed by atoms with Gasteiger partial charge in [0.05, 0.1) is 5.52 Å². The van der Waals surface area contributed by atoms with Crippen molar-refractivity contribution in [2.24, 2.45) is 0 Å². The lowest BCUT2D eigenvalue weighted by Gasteiger charge is -2.47. The van der Waals surface area contributed by atoms with Gasteiger partial charge in [0.1, 0.15) is 0 Å². The predicted molar refractivity (Wildman–Crippen MR) is 93.5 cm³/mol. The Kier molecular flexibility index (Phi) is 4.20. The molecule has 1 aromatic heterocycles. The molecule has 6 heteroatoms. The van der Waals surface area contributed by atoms with Crippen LogP contribution in [0.15, 0.2) is 21.3 Å². The summed E-state index contributed by atoms with van der Waals surface area (Å²) in [5.41, 5.74) is 1.65. The Bertz CT molecular complexity index is 827. The molecule has 0 N–H and O–H groups in total. The highest BCUT2D eigenvalue weighted by Crippen LogP contribution is 2.34. The van der Waals surface area contributed by atoms with Crippen LogP contribution >= 0.6 is 0 Å². The van der Waals surface area contributed by atoms with Gasteiger partial charge in [-0.3, -0.25) is 9.47 Å². The summed E-state index contributed by atoms with van der Waals surface area (Å²) in [6, 6.07) is 3.31. The average molecular weight is 348 g/mol. The third kappa shape index (κ3) is 2.91. The van der Waals surface area contributed by atoms with Crippen LogP contribution in [0.25, 0.3) is 11.1 Å². The van der Waals surface area contributed by atoms with E-state index in [1.807, 2.05) is 13.0 Å². The lowest BCUT2D eigenvalue weighted by Crippen LogP contribution is -2.53. The van der Waals surface area contributed by atoms with Gasteiger partial charge in [-0.05, 0) is 57.2 Å². The number of nitrogens with zero attached hydrogens (tertiary/aromatic N) is 2. The fourth-order valence-electron chi connectivity index (χ4n) is 4.36. The number of halogens is 1. The monoisotopic (exact) mass is 348 g/mol. The summed E-state index contributed by atoms with van der Waals surface area (Å²) in [4.78, 5) is 14.9. The van der Waals surface area contributed by atoms with Crippen molar-refractivity contribution in [2.45, 2.75) is 51.1 Å². The number of likely N-dealkylation sites (tertiary alicyclic amines) is 1. The van der Waals surface area contributed by atoms with Crippen LogP contribution in [-0.2, 0) is 4.74 Å². The molecule has 0 aliphatic carbocycles. The lowest BCUT2D eigenvalue weighted by molar-refractivity contribution is -0.0313. The van der Waals surface area contributed by atoms with Crippen molar-refractivity contribution < 1.29 is 13.5 Å². The van der Waals surface area contributed by atoms with Crippen molar-refractivity contribution in [3.8, 4) is 0 Å². The quantitative estimate of drug-likeness (QED) is 0.836. The maximum atomic E-state index is 14.1. The van der Waals surface area contributed by atoms with Crippen LogP contribution in [0.3, 0.4) is 0 Å². The summed E-state index contributed by atoms with van der Waals surface area (Å²) in [6.07, 6.45) is 3.86. The Morgan fingerprint density at radius 3 is 2.56 bits per heavy atom. The number of piperidine rings is 1. The highest BCUT2D eigenvalue weighted by Gasteiger charge is 2.37. The molecule has 0 unspecified atom stereocenters. The molecule has 25 heavy (non-hydrogen) atoms. The minimum Gasteiger partial charge on any atom is -0.405 e. The maximum Gasteiger partial charge on any atom is 0.420 e. The molecule has 0 bridgehead atoms. The molecule has 2 aliphatic heterocycles. The van der Waals surface area contributed by atoms with E-state index in [1.165, 1.54) is 6.07 Å². The molecule has 0 amide bonds. The molecule has 0 spiro atoms. The molecule has 4 rings (SSSR count). The van der Waals surface area contributed by atoms with Gasteiger partial charge in [-0.25, -0.2) is 9.18 Å². The van der Waals surface area contributed by atoms with Crippen LogP contribution in [0, 0.1) is 12.7 Å². The smallest absolute Gasteiger partial charge is 0.405 e. The molecule has 1 aromatic carbocycles. The van der Waals surface area contributed by atoms with Gasteiger partial charge in [0.25, 0.3) is 0 Å². The molecule has 3 heterocycles. The molecule has 5 nitrogen and oxygen atoms in total. The zero-order valence-electron chi connectivity index (χ0n) is 14.9. The fourth-order valence-corrected chi connectivity index (χ4v) is 4.36. The summed E-state index contributed by atoms with van der Waals surface area (Å²) in [5.74, 6) is -0.909. The normalized spacial score (nSPS) is 22.5. The topological polar surface area (TPSA) is 47.6 Å². The molecule has 2 aliphatic rings. The molecule has 2 aromatic rings. The maximum absolute atomic E-state index is 14.1. The van der Waals surface area contributed by atoms with Crippen molar-refractivity contribution >= 4 is 11.1 Å². The van der Waals surface area contributed by atoms with Crippen LogP contribution in [0.2, 0.25) is 0 Å². The van der Waals surface area contributed by atoms with Crippen LogP contribution in [0.4, 0.5) is 4.39 Å². The zero-order valence-corrected chi connectivity index (χ0v) is 14.9. The highest BCUT2D eigenvalue weighted by molar-refractivity contribution is 5.74. The summed E-state index contributed by atoms with van der Waals surface area (Å²) >= 11 is 0. The summed E-state index contributed by atoms with van der Waals surface area (Å²) in [5, 5.41) is 0. The molecular weight excluding hydrogens is 323 g/mol. The molecule has 0 saturated carbocycles. The largest absolute Gasteiger partial charge is 0.420 e. The Morgan fingerprint density at radius 2 is 1.88 bits per heavy atom. The van der Waals surface area contributed by atoms with Crippen molar-refractivity contribution in [2.75, 3.05) is 26.3 Å². The van der Waals surface area contributed by atoms with Gasteiger partial charge in [-0.15, -0.1) is 0 Å². The van der Waals surface area contributed by atoms with Crippen molar-refractivity contribution in [1.82, 2.24) is 9.47 Å². The van der Waals surface area contributed by atoms with Crippen molar-refractivity contribution in [1.29, 1.82) is 0 Å². The summed E-state index contributed by atoms with van der Waals surface area (Å²) < 4.78 is 26.5. The minimum atomic E-state index is -0.460. The number of aryl methyl sites for hydroxylation is 1. The Hall–Kier alpha value is -1.66. The van der Waals surface area contributed by atoms with Gasteiger partial charge >= 0.3 is 5.76 Å². The van der Waals surface area contributed by atoms with Gasteiger partial charge in [-0.1, -0.05) is 0 Å². The molecule has 136 valence electrons. The highest BCUT2D eigenvalue weighted by atomic mass is 19.1. The van der Waals surface area contributed by atoms with E-state index in [4.69, 9.17) is 9.15 Å². The zero-order chi connectivity index (χ0) is 17.6. The van der Waals surface area contributed by atoms with Crippen molar-refractivity contribution in [3.63, 3.8) is 0 Å². The second-order valence-electron chi connectivity index (χ2n) is 7.66. The minimum absolute atomic E-state index is 0.0645. The van der Waals surface area contributed by atoms with Gasteiger partial charge in [-0.2, -0.15) is 0 Å². The number of oxazole rings is 1. The summed E-state index contributed by atoms with van der Waals surface area (Å²) in [6.45, 7) is 7.66. The van der Waals surface area contributed by atoms with Gasteiger partial charge in [0.2, 0.25) is 0 Å². The van der Waals surface area contributed by atoms with E-state index in [9.17, 15) is 9.18 Å². The Morgan fingerprint density at radius 1 is 1.20 bits per heavy atom. The summed E-state index contributed by atoms with van der Waals surface area (Å²) in [7, 11) is 0. The van der Waals surface area contributed by atoms with Crippen LogP contribution in [0.1, 0.15) is 44.2 Å². The van der Waals surface area contributed by atoms with Crippen LogP contribution in [-0.4, -0.2) is 41.3 Å². The Balaban J connectivity index is 1.58. The first-order valence-electron chi connectivity index (χ1n) is 9.12. The third-order valence-electron chi connectivity index (χ3n) is 5.98. The molecule has 2 saturated heterocycles. The molecule has 2 fully saturated rings. The predicted octanol–water partition coefficient (Wildman–Crippen LogP) is 3.25. The number of hydrogen-bond donors (Lipinski definition) is 0. The fraction of sp³-hybridized carbons (Fsp3) is 0.632. The van der Waals surface area contributed by atoms with Gasteiger partial charge in [0, 0.05) is 37.9 Å². The number of benzene rings is 1. The Labute approximate surface area is 146 Å². The number of fused-ring (bicyclic) bond motifs is 1. The van der Waals surface area contributed by atoms with Gasteiger partial charge < -0.3 is 9.15 Å². The van der Waals surface area contributed by atoms with Crippen molar-refractivity contribution in [3.05, 3.63) is 34.1 Å².